The van der Waals surface area contributed by atoms with Gasteiger partial charge in [-0.15, -0.1) is 0 Å². The number of para-hydroxylation sites is 1. The number of nitrogens with one attached hydrogen (secondary N) is 1. The Balaban J connectivity index is 1.65. The van der Waals surface area contributed by atoms with Gasteiger partial charge in [0.05, 0.1) is 17.8 Å². The third-order valence-corrected chi connectivity index (χ3v) is 4.05. The van der Waals surface area contributed by atoms with Crippen LogP contribution in [0.4, 0.5) is 0 Å². The Morgan fingerprint density at radius 3 is 2.52 bits per heavy atom. The molecular weight excluding hydrogens is 316 g/mol. The molecule has 3 rings (SSSR count). The molecule has 3 aromatic rings. The van der Waals surface area contributed by atoms with Crippen molar-refractivity contribution < 1.29 is 9.53 Å². The van der Waals surface area contributed by atoms with Gasteiger partial charge in [-0.25, -0.2) is 4.98 Å². The number of aryl methyl sites for hydroxylation is 1. The van der Waals surface area contributed by atoms with Crippen LogP contribution in [0.1, 0.15) is 34.6 Å². The monoisotopic (exact) mass is 336 g/mol. The van der Waals surface area contributed by atoms with Crippen LogP contribution in [0.2, 0.25) is 0 Å². The fraction of sp³-hybridized carbons (Fsp3) is 0.211. The summed E-state index contributed by atoms with van der Waals surface area (Å²) in [7, 11) is 1.88. The summed E-state index contributed by atoms with van der Waals surface area (Å²) in [5.74, 6) is 0.960. The molecule has 2 aromatic heterocycles. The zero-order valence-electron chi connectivity index (χ0n) is 14.4. The topological polar surface area (TPSA) is 69.0 Å². The van der Waals surface area contributed by atoms with Crippen molar-refractivity contribution in [2.45, 2.75) is 19.9 Å². The van der Waals surface area contributed by atoms with Crippen molar-refractivity contribution in [1.29, 1.82) is 0 Å². The summed E-state index contributed by atoms with van der Waals surface area (Å²) in [5.41, 5.74) is 2.50. The van der Waals surface area contributed by atoms with Gasteiger partial charge in [-0.1, -0.05) is 18.2 Å². The number of hydrogen-bond donors (Lipinski definition) is 1. The second-order valence-electron chi connectivity index (χ2n) is 5.80. The van der Waals surface area contributed by atoms with Gasteiger partial charge in [0.1, 0.15) is 5.75 Å². The molecule has 1 aromatic carbocycles. The summed E-state index contributed by atoms with van der Waals surface area (Å²) in [4.78, 5) is 16.6. The van der Waals surface area contributed by atoms with E-state index in [-0.39, 0.29) is 11.9 Å². The number of amides is 1. The van der Waals surface area contributed by atoms with Crippen LogP contribution in [0, 0.1) is 6.92 Å². The van der Waals surface area contributed by atoms with Crippen molar-refractivity contribution in [2.75, 3.05) is 0 Å². The van der Waals surface area contributed by atoms with Gasteiger partial charge in [0.25, 0.3) is 5.91 Å². The number of nitrogens with zero attached hydrogens (tertiary/aromatic N) is 3. The Morgan fingerprint density at radius 2 is 1.92 bits per heavy atom. The molecule has 0 unspecified atom stereocenters. The number of carbonyl (C=O) groups is 1. The lowest BCUT2D eigenvalue weighted by atomic mass is 10.1. The van der Waals surface area contributed by atoms with Gasteiger partial charge in [0.15, 0.2) is 0 Å². The first-order valence-electron chi connectivity index (χ1n) is 8.03. The van der Waals surface area contributed by atoms with Crippen LogP contribution < -0.4 is 10.1 Å². The summed E-state index contributed by atoms with van der Waals surface area (Å²) < 4.78 is 7.42. The van der Waals surface area contributed by atoms with Crippen LogP contribution in [0.25, 0.3) is 0 Å². The number of benzene rings is 1. The Hall–Kier alpha value is -3.15. The standard InChI is InChI=1S/C19H20N4O2/c1-13(17-12-21-23(3)14(17)2)22-19(24)15-9-10-18(20-11-15)25-16-7-5-4-6-8-16/h4-13H,1-3H3,(H,22,24)/t13-/m1/s1. The lowest BCUT2D eigenvalue weighted by Gasteiger charge is -2.14. The van der Waals surface area contributed by atoms with Crippen molar-refractivity contribution in [3.05, 3.63) is 71.7 Å². The average Bonchev–Trinajstić information content (AvgIpc) is 2.95. The predicted octanol–water partition coefficient (Wildman–Crippen LogP) is 3.41. The van der Waals surface area contributed by atoms with Crippen molar-refractivity contribution in [3.8, 4) is 11.6 Å². The highest BCUT2D eigenvalue weighted by Crippen LogP contribution is 2.19. The molecule has 6 heteroatoms. The minimum Gasteiger partial charge on any atom is -0.439 e. The summed E-state index contributed by atoms with van der Waals surface area (Å²) in [6.45, 7) is 3.91. The Morgan fingerprint density at radius 1 is 1.16 bits per heavy atom. The van der Waals surface area contributed by atoms with E-state index in [0.29, 0.717) is 17.2 Å². The maximum absolute atomic E-state index is 12.4. The van der Waals surface area contributed by atoms with E-state index in [2.05, 4.69) is 15.4 Å². The molecule has 0 aliphatic carbocycles. The highest BCUT2D eigenvalue weighted by Gasteiger charge is 2.16. The van der Waals surface area contributed by atoms with Gasteiger partial charge in [0, 0.05) is 30.6 Å². The fourth-order valence-electron chi connectivity index (χ4n) is 2.48. The maximum atomic E-state index is 12.4. The lowest BCUT2D eigenvalue weighted by Crippen LogP contribution is -2.27. The van der Waals surface area contributed by atoms with Gasteiger partial charge in [0.2, 0.25) is 5.88 Å². The van der Waals surface area contributed by atoms with Crippen molar-refractivity contribution in [2.24, 2.45) is 7.05 Å². The van der Waals surface area contributed by atoms with Crippen molar-refractivity contribution in [3.63, 3.8) is 0 Å². The molecule has 0 saturated carbocycles. The van der Waals surface area contributed by atoms with E-state index in [1.54, 1.807) is 23.0 Å². The van der Waals surface area contributed by atoms with E-state index in [4.69, 9.17) is 4.74 Å². The molecule has 2 heterocycles. The minimum absolute atomic E-state index is 0.138. The molecular formula is C19H20N4O2. The lowest BCUT2D eigenvalue weighted by molar-refractivity contribution is 0.0939. The molecule has 0 saturated heterocycles. The summed E-state index contributed by atoms with van der Waals surface area (Å²) in [6.07, 6.45) is 3.28. The predicted molar refractivity (Wildman–Crippen MR) is 94.6 cm³/mol. The summed E-state index contributed by atoms with van der Waals surface area (Å²) >= 11 is 0. The number of carbonyl (C=O) groups excluding carboxylic acids is 1. The molecule has 128 valence electrons. The van der Waals surface area contributed by atoms with Crippen LogP contribution in [0.3, 0.4) is 0 Å². The van der Waals surface area contributed by atoms with E-state index in [1.165, 1.54) is 6.20 Å². The van der Waals surface area contributed by atoms with E-state index in [0.717, 1.165) is 11.3 Å². The highest BCUT2D eigenvalue weighted by atomic mass is 16.5. The molecule has 0 radical (unpaired) electrons. The molecule has 1 atom stereocenters. The molecule has 0 aliphatic heterocycles. The first-order chi connectivity index (χ1) is 12.0. The van der Waals surface area contributed by atoms with Crippen molar-refractivity contribution in [1.82, 2.24) is 20.1 Å². The van der Waals surface area contributed by atoms with Crippen molar-refractivity contribution >= 4 is 5.91 Å². The smallest absolute Gasteiger partial charge is 0.253 e. The van der Waals surface area contributed by atoms with E-state index < -0.39 is 0 Å². The zero-order valence-corrected chi connectivity index (χ0v) is 14.4. The van der Waals surface area contributed by atoms with Crippen LogP contribution >= 0.6 is 0 Å². The van der Waals surface area contributed by atoms with Gasteiger partial charge in [-0.2, -0.15) is 5.10 Å². The highest BCUT2D eigenvalue weighted by molar-refractivity contribution is 5.94. The summed E-state index contributed by atoms with van der Waals surface area (Å²) in [6, 6.07) is 12.6. The first kappa shape index (κ1) is 16.7. The van der Waals surface area contributed by atoms with Crippen LogP contribution in [-0.2, 0) is 7.05 Å². The van der Waals surface area contributed by atoms with E-state index in [1.807, 2.05) is 51.2 Å². The van der Waals surface area contributed by atoms with Crippen LogP contribution in [-0.4, -0.2) is 20.7 Å². The number of ether oxygens (including phenoxy) is 1. The number of hydrogen-bond acceptors (Lipinski definition) is 4. The summed E-state index contributed by atoms with van der Waals surface area (Å²) in [5, 5.41) is 7.17. The van der Waals surface area contributed by atoms with Gasteiger partial charge >= 0.3 is 0 Å². The first-order valence-corrected chi connectivity index (χ1v) is 8.03. The Labute approximate surface area is 146 Å². The molecule has 1 N–H and O–H groups in total. The normalized spacial score (nSPS) is 11.8. The van der Waals surface area contributed by atoms with Crippen LogP contribution in [0.5, 0.6) is 11.6 Å². The molecule has 0 aliphatic rings. The second-order valence-corrected chi connectivity index (χ2v) is 5.80. The molecule has 0 fully saturated rings. The minimum atomic E-state index is -0.186. The van der Waals surface area contributed by atoms with E-state index >= 15 is 0 Å². The quantitative estimate of drug-likeness (QED) is 0.775. The molecule has 0 spiro atoms. The van der Waals surface area contributed by atoms with Gasteiger partial charge in [-0.3, -0.25) is 9.48 Å². The Kier molecular flexibility index (Phi) is 4.79. The van der Waals surface area contributed by atoms with E-state index in [9.17, 15) is 4.79 Å². The third kappa shape index (κ3) is 3.85. The SMILES string of the molecule is Cc1c([C@@H](C)NC(=O)c2ccc(Oc3ccccc3)nc2)cnn1C. The molecule has 6 nitrogen and oxygen atoms in total. The molecule has 0 bridgehead atoms. The Bertz CT molecular complexity index is 857. The van der Waals surface area contributed by atoms with Gasteiger partial charge in [-0.05, 0) is 32.0 Å². The molecule has 1 amide bonds. The zero-order chi connectivity index (χ0) is 17.8. The third-order valence-electron chi connectivity index (χ3n) is 4.05. The van der Waals surface area contributed by atoms with Crippen LogP contribution in [0.15, 0.2) is 54.9 Å². The second kappa shape index (κ2) is 7.17. The number of rotatable bonds is 5. The largest absolute Gasteiger partial charge is 0.439 e. The van der Waals surface area contributed by atoms with Gasteiger partial charge < -0.3 is 10.1 Å². The maximum Gasteiger partial charge on any atom is 0.253 e. The average molecular weight is 336 g/mol. The fourth-order valence-corrected chi connectivity index (χ4v) is 2.48. The molecule has 25 heavy (non-hydrogen) atoms. The number of aromatic nitrogens is 3. The number of pyridine rings is 1.